The van der Waals surface area contributed by atoms with E-state index in [0.717, 1.165) is 5.56 Å². The van der Waals surface area contributed by atoms with Gasteiger partial charge in [0.15, 0.2) is 0 Å². The highest BCUT2D eigenvalue weighted by Gasteiger charge is 2.29. The summed E-state index contributed by atoms with van der Waals surface area (Å²) in [5.74, 6) is -1.57. The van der Waals surface area contributed by atoms with Gasteiger partial charge in [0.1, 0.15) is 24.3 Å². The molecule has 2 aromatic carbocycles. The van der Waals surface area contributed by atoms with Gasteiger partial charge in [-0.1, -0.05) is 48.5 Å². The second kappa shape index (κ2) is 12.9. The Hall–Kier alpha value is -4.38. The third kappa shape index (κ3) is 8.05. The van der Waals surface area contributed by atoms with Gasteiger partial charge in [0.05, 0.1) is 19.2 Å². The van der Waals surface area contributed by atoms with E-state index < -0.39 is 48.4 Å². The number of aliphatic hydroxyl groups is 1. The van der Waals surface area contributed by atoms with Gasteiger partial charge < -0.3 is 30.0 Å². The standard InChI is InChI=1S/C28H33N3O8/c1-28(2,3)39-27(36)31-15-19(20-12-8-9-13-23(20)31)14-21(25(34)37-4)29-24(33)22(16-32)30-26(35)38-17-18-10-6-5-7-11-18/h5-13,15,21-22,32H,14,16-17H2,1-4H3,(H,29,33)(H,30,35)/t21-,22+/m1/s1. The first kappa shape index (κ1) is 29.2. The fraction of sp³-hybridized carbons (Fsp3) is 0.357. The third-order valence-corrected chi connectivity index (χ3v) is 5.61. The van der Waals surface area contributed by atoms with Crippen LogP contribution in [0, 0.1) is 0 Å². The zero-order valence-corrected chi connectivity index (χ0v) is 22.3. The van der Waals surface area contributed by atoms with Crippen LogP contribution in [-0.4, -0.2) is 65.1 Å². The SMILES string of the molecule is COC(=O)[C@@H](Cc1cn(C(=O)OC(C)(C)C)c2ccccc12)NC(=O)[C@H](CO)NC(=O)OCc1ccccc1. The molecule has 208 valence electrons. The van der Waals surface area contributed by atoms with E-state index >= 15 is 0 Å². The summed E-state index contributed by atoms with van der Waals surface area (Å²) in [6.45, 7) is 4.49. The summed E-state index contributed by atoms with van der Waals surface area (Å²) in [5.41, 5.74) is 1.16. The van der Waals surface area contributed by atoms with Crippen molar-refractivity contribution in [3.8, 4) is 0 Å². The molecule has 1 aromatic heterocycles. The van der Waals surface area contributed by atoms with Crippen LogP contribution in [0.2, 0.25) is 0 Å². The van der Waals surface area contributed by atoms with E-state index in [0.29, 0.717) is 16.5 Å². The van der Waals surface area contributed by atoms with Crippen LogP contribution in [0.5, 0.6) is 0 Å². The Labute approximate surface area is 226 Å². The van der Waals surface area contributed by atoms with Gasteiger partial charge in [0, 0.05) is 18.0 Å². The van der Waals surface area contributed by atoms with Gasteiger partial charge in [-0.2, -0.15) is 0 Å². The molecule has 39 heavy (non-hydrogen) atoms. The largest absolute Gasteiger partial charge is 0.467 e. The first-order valence-corrected chi connectivity index (χ1v) is 12.3. The molecule has 11 nitrogen and oxygen atoms in total. The van der Waals surface area contributed by atoms with Crippen molar-refractivity contribution in [3.63, 3.8) is 0 Å². The van der Waals surface area contributed by atoms with Gasteiger partial charge in [0.2, 0.25) is 5.91 Å². The van der Waals surface area contributed by atoms with Crippen molar-refractivity contribution in [2.45, 2.75) is 51.5 Å². The molecule has 0 aliphatic heterocycles. The maximum atomic E-state index is 12.9. The molecule has 0 fully saturated rings. The Balaban J connectivity index is 1.74. The number of aliphatic hydroxyl groups excluding tert-OH is 1. The van der Waals surface area contributed by atoms with Crippen LogP contribution in [0.15, 0.2) is 60.8 Å². The number of nitrogens with one attached hydrogen (secondary N) is 2. The van der Waals surface area contributed by atoms with E-state index in [1.165, 1.54) is 11.7 Å². The predicted molar refractivity (Wildman–Crippen MR) is 142 cm³/mol. The van der Waals surface area contributed by atoms with Gasteiger partial charge >= 0.3 is 18.2 Å². The number of methoxy groups -OCH3 is 1. The van der Waals surface area contributed by atoms with Crippen LogP contribution in [-0.2, 0) is 36.8 Å². The van der Waals surface area contributed by atoms with Crippen molar-refractivity contribution in [1.29, 1.82) is 0 Å². The maximum Gasteiger partial charge on any atom is 0.419 e. The van der Waals surface area contributed by atoms with E-state index in [1.54, 1.807) is 75.5 Å². The number of nitrogens with zero attached hydrogens (tertiary/aromatic N) is 1. The molecule has 2 amide bonds. The average molecular weight is 540 g/mol. The fourth-order valence-corrected chi connectivity index (χ4v) is 3.80. The lowest BCUT2D eigenvalue weighted by Crippen LogP contribution is -2.54. The number of amides is 2. The number of aromatic nitrogens is 1. The van der Waals surface area contributed by atoms with E-state index in [2.05, 4.69) is 10.6 Å². The molecule has 3 aromatic rings. The topological polar surface area (TPSA) is 145 Å². The van der Waals surface area contributed by atoms with Crippen molar-refractivity contribution in [3.05, 3.63) is 71.9 Å². The van der Waals surface area contributed by atoms with Crippen molar-refractivity contribution in [2.24, 2.45) is 0 Å². The summed E-state index contributed by atoms with van der Waals surface area (Å²) in [6, 6.07) is 13.4. The number of rotatable bonds is 9. The minimum absolute atomic E-state index is 0.0288. The molecule has 0 aliphatic carbocycles. The Morgan fingerprint density at radius 1 is 0.949 bits per heavy atom. The summed E-state index contributed by atoms with van der Waals surface area (Å²) < 4.78 is 16.8. The number of hydrogen-bond donors (Lipinski definition) is 3. The molecule has 3 N–H and O–H groups in total. The minimum atomic E-state index is -1.39. The summed E-state index contributed by atoms with van der Waals surface area (Å²) >= 11 is 0. The number of ether oxygens (including phenoxy) is 3. The van der Waals surface area contributed by atoms with Crippen molar-refractivity contribution >= 4 is 35.0 Å². The van der Waals surface area contributed by atoms with Crippen molar-refractivity contribution in [1.82, 2.24) is 15.2 Å². The van der Waals surface area contributed by atoms with Crippen molar-refractivity contribution < 1.29 is 38.5 Å². The third-order valence-electron chi connectivity index (χ3n) is 5.61. The van der Waals surface area contributed by atoms with Crippen molar-refractivity contribution in [2.75, 3.05) is 13.7 Å². The van der Waals surface area contributed by atoms with Gasteiger partial charge in [-0.3, -0.25) is 9.36 Å². The van der Waals surface area contributed by atoms with Crippen LogP contribution in [0.4, 0.5) is 9.59 Å². The Kier molecular flexibility index (Phi) is 9.67. The first-order valence-electron chi connectivity index (χ1n) is 12.3. The van der Waals surface area contributed by atoms with E-state index in [1.807, 2.05) is 6.07 Å². The molecule has 3 rings (SSSR count). The maximum absolute atomic E-state index is 12.9. The second-order valence-corrected chi connectivity index (χ2v) is 9.75. The number of carbonyl (C=O) groups is 4. The number of fused-ring (bicyclic) bond motifs is 1. The quantitative estimate of drug-likeness (QED) is 0.278. The zero-order chi connectivity index (χ0) is 28.6. The second-order valence-electron chi connectivity index (χ2n) is 9.75. The molecule has 11 heteroatoms. The number of hydrogen-bond acceptors (Lipinski definition) is 8. The number of carbonyl (C=O) groups excluding carboxylic acids is 4. The predicted octanol–water partition coefficient (Wildman–Crippen LogP) is 2.91. The molecule has 0 spiro atoms. The van der Waals surface area contributed by atoms with Crippen LogP contribution >= 0.6 is 0 Å². The van der Waals surface area contributed by atoms with E-state index in [4.69, 9.17) is 14.2 Å². The molecular weight excluding hydrogens is 506 g/mol. The number of para-hydroxylation sites is 1. The van der Waals surface area contributed by atoms with Gasteiger partial charge in [-0.25, -0.2) is 14.4 Å². The number of benzene rings is 2. The van der Waals surface area contributed by atoms with Crippen LogP contribution in [0.25, 0.3) is 10.9 Å². The first-order chi connectivity index (χ1) is 18.5. The highest BCUT2D eigenvalue weighted by atomic mass is 16.6. The number of alkyl carbamates (subject to hydrolysis) is 1. The highest BCUT2D eigenvalue weighted by Crippen LogP contribution is 2.24. The van der Waals surface area contributed by atoms with Crippen LogP contribution in [0.1, 0.15) is 31.9 Å². The lowest BCUT2D eigenvalue weighted by atomic mass is 10.0. The Bertz CT molecular complexity index is 1310. The normalized spacial score (nSPS) is 12.7. The monoisotopic (exact) mass is 539 g/mol. The molecule has 0 bridgehead atoms. The molecule has 0 saturated carbocycles. The smallest absolute Gasteiger partial charge is 0.419 e. The van der Waals surface area contributed by atoms with Gasteiger partial charge in [-0.05, 0) is 38.0 Å². The molecule has 2 atom stereocenters. The molecule has 0 saturated heterocycles. The van der Waals surface area contributed by atoms with Crippen LogP contribution < -0.4 is 10.6 Å². The lowest BCUT2D eigenvalue weighted by molar-refractivity contribution is -0.145. The molecule has 0 unspecified atom stereocenters. The van der Waals surface area contributed by atoms with E-state index in [9.17, 15) is 24.3 Å². The minimum Gasteiger partial charge on any atom is -0.467 e. The number of esters is 1. The zero-order valence-electron chi connectivity index (χ0n) is 22.3. The Morgan fingerprint density at radius 2 is 1.62 bits per heavy atom. The fourth-order valence-electron chi connectivity index (χ4n) is 3.80. The molecular formula is C28H33N3O8. The summed E-state index contributed by atoms with van der Waals surface area (Å²) in [5, 5.41) is 15.2. The summed E-state index contributed by atoms with van der Waals surface area (Å²) in [6.07, 6.45) is -0.000198. The Morgan fingerprint density at radius 3 is 2.26 bits per heavy atom. The molecule has 0 radical (unpaired) electrons. The van der Waals surface area contributed by atoms with Gasteiger partial charge in [-0.15, -0.1) is 0 Å². The van der Waals surface area contributed by atoms with E-state index in [-0.39, 0.29) is 13.0 Å². The summed E-state index contributed by atoms with van der Waals surface area (Å²) in [7, 11) is 1.17. The highest BCUT2D eigenvalue weighted by molar-refractivity contribution is 5.93. The molecule has 0 aliphatic rings. The average Bonchev–Trinajstić information content (AvgIpc) is 3.28. The summed E-state index contributed by atoms with van der Waals surface area (Å²) in [4.78, 5) is 50.5. The lowest BCUT2D eigenvalue weighted by Gasteiger charge is -2.21. The van der Waals surface area contributed by atoms with Crippen LogP contribution in [0.3, 0.4) is 0 Å². The van der Waals surface area contributed by atoms with Gasteiger partial charge in [0.25, 0.3) is 0 Å². The molecule has 1 heterocycles.